The second-order valence-electron chi connectivity index (χ2n) is 7.20. The van der Waals surface area contributed by atoms with Crippen molar-refractivity contribution in [3.05, 3.63) is 35.9 Å². The van der Waals surface area contributed by atoms with Gasteiger partial charge in [0.25, 0.3) is 0 Å². The van der Waals surface area contributed by atoms with Gasteiger partial charge < -0.3 is 20.3 Å². The Labute approximate surface area is 167 Å². The first kappa shape index (κ1) is 21.7. The van der Waals surface area contributed by atoms with E-state index in [1.807, 2.05) is 40.1 Å². The van der Waals surface area contributed by atoms with E-state index in [1.165, 1.54) is 0 Å². The first-order valence-corrected chi connectivity index (χ1v) is 9.58. The summed E-state index contributed by atoms with van der Waals surface area (Å²) in [7, 11) is 0. The average molecular weight is 396 g/mol. The predicted octanol–water partition coefficient (Wildman–Crippen LogP) is 1.81. The van der Waals surface area contributed by atoms with Crippen LogP contribution >= 0.6 is 12.4 Å². The van der Waals surface area contributed by atoms with Gasteiger partial charge in [0.15, 0.2) is 0 Å². The first-order chi connectivity index (χ1) is 12.7. The molecule has 2 amide bonds. The van der Waals surface area contributed by atoms with Gasteiger partial charge in [0.05, 0.1) is 6.61 Å². The zero-order valence-corrected chi connectivity index (χ0v) is 16.5. The minimum atomic E-state index is 0. The van der Waals surface area contributed by atoms with E-state index < -0.39 is 0 Å². The number of benzene rings is 1. The molecule has 0 aliphatic carbocycles. The van der Waals surface area contributed by atoms with E-state index in [2.05, 4.69) is 0 Å². The molecule has 1 aromatic rings. The predicted molar refractivity (Wildman–Crippen MR) is 106 cm³/mol. The van der Waals surface area contributed by atoms with Crippen LogP contribution in [0.25, 0.3) is 0 Å². The lowest BCUT2D eigenvalue weighted by Gasteiger charge is -2.47. The molecule has 2 saturated heterocycles. The molecular formula is C20H30ClN3O3. The summed E-state index contributed by atoms with van der Waals surface area (Å²) < 4.78 is 5.59. The van der Waals surface area contributed by atoms with Gasteiger partial charge in [-0.15, -0.1) is 12.4 Å². The number of rotatable bonds is 7. The van der Waals surface area contributed by atoms with Gasteiger partial charge in [0.1, 0.15) is 6.61 Å². The summed E-state index contributed by atoms with van der Waals surface area (Å²) in [5, 5.41) is 0. The third-order valence-corrected chi connectivity index (χ3v) is 5.44. The molecule has 0 aromatic heterocycles. The third-order valence-electron chi connectivity index (χ3n) is 5.44. The van der Waals surface area contributed by atoms with Crippen molar-refractivity contribution in [2.45, 2.75) is 38.3 Å². The van der Waals surface area contributed by atoms with E-state index >= 15 is 0 Å². The van der Waals surface area contributed by atoms with Crippen molar-refractivity contribution in [1.82, 2.24) is 9.80 Å². The summed E-state index contributed by atoms with van der Waals surface area (Å²) in [6.07, 6.45) is 3.14. The highest BCUT2D eigenvalue weighted by Gasteiger charge is 2.39. The Morgan fingerprint density at radius 1 is 1.22 bits per heavy atom. The highest BCUT2D eigenvalue weighted by Crippen LogP contribution is 2.31. The Bertz CT molecular complexity index is 614. The quantitative estimate of drug-likeness (QED) is 0.764. The van der Waals surface area contributed by atoms with Crippen molar-refractivity contribution >= 4 is 24.2 Å². The number of halogens is 1. The van der Waals surface area contributed by atoms with E-state index in [0.717, 1.165) is 37.9 Å². The van der Waals surface area contributed by atoms with E-state index in [9.17, 15) is 9.59 Å². The Morgan fingerprint density at radius 3 is 2.74 bits per heavy atom. The topological polar surface area (TPSA) is 75.9 Å². The maximum Gasteiger partial charge on any atom is 0.248 e. The number of fused-ring (bicyclic) bond motifs is 1. The number of carbonyl (C=O) groups is 2. The molecular weight excluding hydrogens is 366 g/mol. The van der Waals surface area contributed by atoms with Crippen LogP contribution in [0.15, 0.2) is 30.3 Å². The maximum absolute atomic E-state index is 12.5. The van der Waals surface area contributed by atoms with Crippen LogP contribution in [0.1, 0.15) is 31.2 Å². The van der Waals surface area contributed by atoms with Gasteiger partial charge in [-0.3, -0.25) is 9.59 Å². The number of ether oxygens (including phenoxy) is 1. The van der Waals surface area contributed by atoms with Gasteiger partial charge >= 0.3 is 0 Å². The highest BCUT2D eigenvalue weighted by atomic mass is 35.5. The number of nitrogens with two attached hydrogens (primary N) is 1. The monoisotopic (exact) mass is 395 g/mol. The Balaban J connectivity index is 0.00000261. The second kappa shape index (κ2) is 10.6. The fourth-order valence-corrected chi connectivity index (χ4v) is 4.05. The van der Waals surface area contributed by atoms with Crippen LogP contribution < -0.4 is 5.73 Å². The molecule has 2 fully saturated rings. The van der Waals surface area contributed by atoms with Crippen LogP contribution in [-0.2, 0) is 20.9 Å². The van der Waals surface area contributed by atoms with E-state index in [4.69, 9.17) is 10.5 Å². The number of hydrogen-bond acceptors (Lipinski definition) is 4. The minimum absolute atomic E-state index is 0. The van der Waals surface area contributed by atoms with Gasteiger partial charge in [0, 0.05) is 32.1 Å². The van der Waals surface area contributed by atoms with Crippen LogP contribution in [0, 0.1) is 5.92 Å². The Hall–Kier alpha value is -1.63. The summed E-state index contributed by atoms with van der Waals surface area (Å²) in [5.74, 6) is 0.660. The van der Waals surface area contributed by atoms with E-state index in [0.29, 0.717) is 32.0 Å². The number of amides is 2. The molecule has 0 spiro atoms. The maximum atomic E-state index is 12.5. The molecule has 6 nitrogen and oxygen atoms in total. The van der Waals surface area contributed by atoms with Crippen molar-refractivity contribution < 1.29 is 14.3 Å². The smallest absolute Gasteiger partial charge is 0.248 e. The molecule has 0 saturated carbocycles. The van der Waals surface area contributed by atoms with Crippen LogP contribution in [0.2, 0.25) is 0 Å². The fraction of sp³-hybridized carbons (Fsp3) is 0.600. The zero-order chi connectivity index (χ0) is 18.4. The molecule has 1 aromatic carbocycles. The molecule has 2 aliphatic heterocycles. The molecule has 0 unspecified atom stereocenters. The van der Waals surface area contributed by atoms with Gasteiger partial charge in [-0.25, -0.2) is 0 Å². The molecule has 0 bridgehead atoms. The fourth-order valence-electron chi connectivity index (χ4n) is 4.05. The lowest BCUT2D eigenvalue weighted by atomic mass is 9.83. The molecule has 27 heavy (non-hydrogen) atoms. The van der Waals surface area contributed by atoms with E-state index in [1.54, 1.807) is 0 Å². The third kappa shape index (κ3) is 5.67. The molecule has 2 N–H and O–H groups in total. The van der Waals surface area contributed by atoms with Gasteiger partial charge in [-0.05, 0) is 37.3 Å². The number of nitrogens with zero attached hydrogens (tertiary/aromatic N) is 2. The van der Waals surface area contributed by atoms with Crippen molar-refractivity contribution in [2.75, 3.05) is 32.8 Å². The SMILES string of the molecule is Cl.NCCCN1C(=O)CC[C@H]2CN(C(=O)COCc3ccccc3)CC[C@H]21. The summed E-state index contributed by atoms with van der Waals surface area (Å²) in [6.45, 7) is 3.33. The second-order valence-corrected chi connectivity index (χ2v) is 7.20. The van der Waals surface area contributed by atoms with Crippen molar-refractivity contribution in [3.8, 4) is 0 Å². The normalized spacial score (nSPS) is 22.2. The van der Waals surface area contributed by atoms with E-state index in [-0.39, 0.29) is 36.9 Å². The molecule has 7 heteroatoms. The van der Waals surface area contributed by atoms with Crippen LogP contribution in [0.5, 0.6) is 0 Å². The van der Waals surface area contributed by atoms with Gasteiger partial charge in [0.2, 0.25) is 11.8 Å². The number of carbonyl (C=O) groups excluding carboxylic acids is 2. The lowest BCUT2D eigenvalue weighted by Crippen LogP contribution is -2.57. The highest BCUT2D eigenvalue weighted by molar-refractivity contribution is 5.85. The number of likely N-dealkylation sites (tertiary alicyclic amines) is 2. The molecule has 0 radical (unpaired) electrons. The molecule has 2 aliphatic rings. The van der Waals surface area contributed by atoms with Crippen molar-refractivity contribution in [2.24, 2.45) is 11.7 Å². The Morgan fingerprint density at radius 2 is 2.00 bits per heavy atom. The zero-order valence-electron chi connectivity index (χ0n) is 15.7. The van der Waals surface area contributed by atoms with Gasteiger partial charge in [-0.2, -0.15) is 0 Å². The number of hydrogen-bond donors (Lipinski definition) is 1. The summed E-state index contributed by atoms with van der Waals surface area (Å²) in [6, 6.07) is 10.1. The Kier molecular flexibility index (Phi) is 8.54. The van der Waals surface area contributed by atoms with Crippen LogP contribution in [0.3, 0.4) is 0 Å². The first-order valence-electron chi connectivity index (χ1n) is 9.58. The minimum Gasteiger partial charge on any atom is -0.367 e. The van der Waals surface area contributed by atoms with Gasteiger partial charge in [-0.1, -0.05) is 30.3 Å². The molecule has 150 valence electrons. The largest absolute Gasteiger partial charge is 0.367 e. The molecule has 3 rings (SSSR count). The lowest BCUT2D eigenvalue weighted by molar-refractivity contribution is -0.146. The average Bonchev–Trinajstić information content (AvgIpc) is 2.67. The number of piperidine rings is 2. The van der Waals surface area contributed by atoms with Crippen molar-refractivity contribution in [3.63, 3.8) is 0 Å². The molecule has 2 heterocycles. The summed E-state index contributed by atoms with van der Waals surface area (Å²) in [5.41, 5.74) is 6.67. The molecule has 2 atom stereocenters. The summed E-state index contributed by atoms with van der Waals surface area (Å²) in [4.78, 5) is 28.6. The van der Waals surface area contributed by atoms with Crippen LogP contribution in [-0.4, -0.2) is 60.4 Å². The standard InChI is InChI=1S/C20H29N3O3.ClH/c21-10-4-11-23-18-9-12-22(13-17(18)7-8-19(23)24)20(25)15-26-14-16-5-2-1-3-6-16;/h1-3,5-6,17-18H,4,7-15,21H2;1H/t17-,18+;/m0./s1. The van der Waals surface area contributed by atoms with Crippen LogP contribution in [0.4, 0.5) is 0 Å². The summed E-state index contributed by atoms with van der Waals surface area (Å²) >= 11 is 0. The van der Waals surface area contributed by atoms with Crippen molar-refractivity contribution in [1.29, 1.82) is 0 Å².